The van der Waals surface area contributed by atoms with Crippen LogP contribution in [0.4, 0.5) is 0 Å². The lowest BCUT2D eigenvalue weighted by atomic mass is 9.92. The summed E-state index contributed by atoms with van der Waals surface area (Å²) in [5.74, 6) is 1.07. The molecule has 0 spiro atoms. The van der Waals surface area contributed by atoms with Gasteiger partial charge in [0.2, 0.25) is 5.91 Å². The van der Waals surface area contributed by atoms with Crippen molar-refractivity contribution in [3.05, 3.63) is 35.4 Å². The number of hydrogen-bond donors (Lipinski definition) is 1. The van der Waals surface area contributed by atoms with Gasteiger partial charge in [-0.15, -0.1) is 0 Å². The van der Waals surface area contributed by atoms with Crippen molar-refractivity contribution >= 4 is 5.91 Å². The monoisotopic (exact) mass is 302 g/mol. The highest BCUT2D eigenvalue weighted by atomic mass is 16.2. The van der Waals surface area contributed by atoms with Gasteiger partial charge in [0.15, 0.2) is 0 Å². The Morgan fingerprint density at radius 1 is 1.23 bits per heavy atom. The van der Waals surface area contributed by atoms with E-state index in [1.165, 1.54) is 11.1 Å². The average molecular weight is 302 g/mol. The first kappa shape index (κ1) is 17.0. The molecule has 122 valence electrons. The molecule has 0 saturated carbocycles. The summed E-state index contributed by atoms with van der Waals surface area (Å²) in [7, 11) is 0. The summed E-state index contributed by atoms with van der Waals surface area (Å²) in [5, 5.41) is 0. The first-order valence-electron chi connectivity index (χ1n) is 8.53. The average Bonchev–Trinajstić information content (AvgIpc) is 2.47. The maximum Gasteiger partial charge on any atom is 0.223 e. The molecule has 1 amide bonds. The number of rotatable bonds is 4. The Kier molecular flexibility index (Phi) is 5.63. The van der Waals surface area contributed by atoms with Gasteiger partial charge in [-0.2, -0.15) is 0 Å². The van der Waals surface area contributed by atoms with E-state index in [1.54, 1.807) is 0 Å². The van der Waals surface area contributed by atoms with Crippen LogP contribution in [0.5, 0.6) is 0 Å². The number of carbonyl (C=O) groups is 1. The lowest BCUT2D eigenvalue weighted by Gasteiger charge is -2.37. The van der Waals surface area contributed by atoms with E-state index in [-0.39, 0.29) is 23.9 Å². The third-order valence-corrected chi connectivity index (χ3v) is 4.89. The second-order valence-corrected chi connectivity index (χ2v) is 7.15. The molecule has 1 saturated heterocycles. The van der Waals surface area contributed by atoms with Crippen molar-refractivity contribution < 1.29 is 4.79 Å². The predicted molar refractivity (Wildman–Crippen MR) is 91.9 cm³/mol. The van der Waals surface area contributed by atoms with Gasteiger partial charge in [-0.1, -0.05) is 45.0 Å². The highest BCUT2D eigenvalue weighted by Gasteiger charge is 2.27. The molecule has 1 aromatic carbocycles. The van der Waals surface area contributed by atoms with Gasteiger partial charge in [0.05, 0.1) is 0 Å². The van der Waals surface area contributed by atoms with Gasteiger partial charge in [-0.25, -0.2) is 0 Å². The lowest BCUT2D eigenvalue weighted by Crippen LogP contribution is -2.48. The van der Waals surface area contributed by atoms with Crippen molar-refractivity contribution in [3.63, 3.8) is 0 Å². The number of benzene rings is 1. The van der Waals surface area contributed by atoms with E-state index in [0.717, 1.165) is 19.4 Å². The molecule has 1 heterocycles. The molecule has 1 aliphatic rings. The van der Waals surface area contributed by atoms with Crippen molar-refractivity contribution in [2.75, 3.05) is 6.54 Å². The first-order valence-corrected chi connectivity index (χ1v) is 8.53. The van der Waals surface area contributed by atoms with E-state index < -0.39 is 0 Å². The zero-order valence-corrected chi connectivity index (χ0v) is 14.4. The lowest BCUT2D eigenvalue weighted by molar-refractivity contribution is -0.134. The molecule has 2 N–H and O–H groups in total. The molecule has 0 aromatic heterocycles. The number of carbonyl (C=O) groups excluding carboxylic acids is 1. The highest BCUT2D eigenvalue weighted by molar-refractivity contribution is 5.77. The quantitative estimate of drug-likeness (QED) is 0.923. The molecular weight excluding hydrogens is 272 g/mol. The van der Waals surface area contributed by atoms with Crippen LogP contribution in [-0.4, -0.2) is 29.4 Å². The Hall–Kier alpha value is -1.35. The van der Waals surface area contributed by atoms with Crippen LogP contribution in [0.1, 0.15) is 69.9 Å². The minimum atomic E-state index is 0.250. The molecule has 3 atom stereocenters. The Bertz CT molecular complexity index is 495. The van der Waals surface area contributed by atoms with Crippen molar-refractivity contribution in [1.29, 1.82) is 0 Å². The van der Waals surface area contributed by atoms with Crippen LogP contribution >= 0.6 is 0 Å². The highest BCUT2D eigenvalue weighted by Crippen LogP contribution is 2.25. The third kappa shape index (κ3) is 4.10. The van der Waals surface area contributed by atoms with Gasteiger partial charge in [0.1, 0.15) is 0 Å². The Morgan fingerprint density at radius 2 is 1.82 bits per heavy atom. The number of amides is 1. The number of nitrogens with two attached hydrogens (primary N) is 1. The second-order valence-electron chi connectivity index (χ2n) is 7.15. The summed E-state index contributed by atoms with van der Waals surface area (Å²) in [6.45, 7) is 9.46. The second kappa shape index (κ2) is 7.28. The van der Waals surface area contributed by atoms with Crippen LogP contribution in [0.3, 0.4) is 0 Å². The topological polar surface area (TPSA) is 46.3 Å². The van der Waals surface area contributed by atoms with Gasteiger partial charge in [0, 0.05) is 25.0 Å². The van der Waals surface area contributed by atoms with E-state index in [9.17, 15) is 4.79 Å². The molecule has 3 unspecified atom stereocenters. The Labute approximate surface area is 134 Å². The standard InChI is InChI=1S/C19H30N2O/c1-13(2)16-5-7-17(8-6-16)14(3)11-19(22)21-10-9-18(20)12-15(21)4/h5-8,13-15,18H,9-12,20H2,1-4H3. The zero-order valence-electron chi connectivity index (χ0n) is 14.4. The van der Waals surface area contributed by atoms with Gasteiger partial charge in [0.25, 0.3) is 0 Å². The van der Waals surface area contributed by atoms with Gasteiger partial charge < -0.3 is 10.6 Å². The molecule has 1 aliphatic heterocycles. The van der Waals surface area contributed by atoms with Crippen LogP contribution in [0.25, 0.3) is 0 Å². The SMILES string of the molecule is CC(C)c1ccc(C(C)CC(=O)N2CCC(N)CC2C)cc1. The van der Waals surface area contributed by atoms with E-state index in [2.05, 4.69) is 52.0 Å². The third-order valence-electron chi connectivity index (χ3n) is 4.89. The first-order chi connectivity index (χ1) is 10.4. The molecule has 0 aliphatic carbocycles. The molecule has 2 rings (SSSR count). The van der Waals surface area contributed by atoms with Gasteiger partial charge in [-0.3, -0.25) is 4.79 Å². The molecule has 0 bridgehead atoms. The van der Waals surface area contributed by atoms with Crippen molar-refractivity contribution in [2.45, 2.75) is 70.9 Å². The molecular formula is C19H30N2O. The smallest absolute Gasteiger partial charge is 0.223 e. The van der Waals surface area contributed by atoms with Crippen LogP contribution in [0.15, 0.2) is 24.3 Å². The molecule has 22 heavy (non-hydrogen) atoms. The normalized spacial score (nSPS) is 23.6. The number of likely N-dealkylation sites (tertiary alicyclic amines) is 1. The Morgan fingerprint density at radius 3 is 2.36 bits per heavy atom. The van der Waals surface area contributed by atoms with E-state index >= 15 is 0 Å². The number of piperidine rings is 1. The fourth-order valence-corrected chi connectivity index (χ4v) is 3.29. The molecule has 1 fully saturated rings. The summed E-state index contributed by atoms with van der Waals surface area (Å²) in [4.78, 5) is 14.6. The summed E-state index contributed by atoms with van der Waals surface area (Å²) in [5.41, 5.74) is 8.58. The van der Waals surface area contributed by atoms with Gasteiger partial charge in [-0.05, 0) is 42.7 Å². The molecule has 1 aromatic rings. The number of hydrogen-bond acceptors (Lipinski definition) is 2. The van der Waals surface area contributed by atoms with E-state index in [1.807, 2.05) is 4.90 Å². The van der Waals surface area contributed by atoms with Crippen LogP contribution in [0, 0.1) is 0 Å². The number of nitrogens with zero attached hydrogens (tertiary/aromatic N) is 1. The van der Waals surface area contributed by atoms with E-state index in [0.29, 0.717) is 12.3 Å². The summed E-state index contributed by atoms with van der Waals surface area (Å²) in [6.07, 6.45) is 2.43. The zero-order chi connectivity index (χ0) is 16.3. The van der Waals surface area contributed by atoms with E-state index in [4.69, 9.17) is 5.73 Å². The summed E-state index contributed by atoms with van der Waals surface area (Å²) < 4.78 is 0. The van der Waals surface area contributed by atoms with Crippen molar-refractivity contribution in [3.8, 4) is 0 Å². The maximum atomic E-state index is 12.6. The van der Waals surface area contributed by atoms with Crippen molar-refractivity contribution in [1.82, 2.24) is 4.90 Å². The summed E-state index contributed by atoms with van der Waals surface area (Å²) >= 11 is 0. The summed E-state index contributed by atoms with van der Waals surface area (Å²) in [6, 6.07) is 9.23. The Balaban J connectivity index is 1.96. The maximum absolute atomic E-state index is 12.6. The molecule has 0 radical (unpaired) electrons. The van der Waals surface area contributed by atoms with Crippen LogP contribution in [0.2, 0.25) is 0 Å². The molecule has 3 heteroatoms. The minimum Gasteiger partial charge on any atom is -0.340 e. The van der Waals surface area contributed by atoms with Gasteiger partial charge >= 0.3 is 0 Å². The largest absolute Gasteiger partial charge is 0.340 e. The fourth-order valence-electron chi connectivity index (χ4n) is 3.29. The fraction of sp³-hybridized carbons (Fsp3) is 0.632. The van der Waals surface area contributed by atoms with Crippen LogP contribution in [-0.2, 0) is 4.79 Å². The minimum absolute atomic E-state index is 0.250. The van der Waals surface area contributed by atoms with Crippen molar-refractivity contribution in [2.24, 2.45) is 5.73 Å². The van der Waals surface area contributed by atoms with Crippen LogP contribution < -0.4 is 5.73 Å². The molecule has 3 nitrogen and oxygen atoms in total. The predicted octanol–water partition coefficient (Wildman–Crippen LogP) is 3.64.